The average molecular weight is 480 g/mol. The quantitative estimate of drug-likeness (QED) is 0.375. The fraction of sp³-hybridized carbons (Fsp3) is 0.200. The zero-order valence-corrected chi connectivity index (χ0v) is 19.9. The molecule has 170 valence electrons. The summed E-state index contributed by atoms with van der Waals surface area (Å²) in [6, 6.07) is 20.8. The van der Waals surface area contributed by atoms with Crippen molar-refractivity contribution in [1.29, 1.82) is 0 Å². The summed E-state index contributed by atoms with van der Waals surface area (Å²) in [6.45, 7) is 2.54. The van der Waals surface area contributed by atoms with Gasteiger partial charge in [0.05, 0.1) is 10.6 Å². The Bertz CT molecular complexity index is 1360. The molecule has 0 aliphatic heterocycles. The second-order valence-electron chi connectivity index (χ2n) is 7.77. The summed E-state index contributed by atoms with van der Waals surface area (Å²) in [6.07, 6.45) is 0.690. The zero-order chi connectivity index (χ0) is 23.3. The number of fused-ring (bicyclic) bond motifs is 1. The first-order valence-electron chi connectivity index (χ1n) is 10.7. The first-order valence-corrected chi connectivity index (χ1v) is 13.0. The SMILES string of the molecule is Cc1ccc(-c2nc(CCNC(=O)CCNS(=O)(=O)c3ccc4ccccc4c3)cs2)cc1. The lowest BCUT2D eigenvalue weighted by atomic mass is 10.1. The Labute approximate surface area is 197 Å². The normalized spacial score (nSPS) is 11.5. The number of rotatable bonds is 9. The smallest absolute Gasteiger partial charge is 0.240 e. The first-order chi connectivity index (χ1) is 15.9. The van der Waals surface area contributed by atoms with Crippen molar-refractivity contribution in [2.45, 2.75) is 24.7 Å². The van der Waals surface area contributed by atoms with Gasteiger partial charge < -0.3 is 5.32 Å². The van der Waals surface area contributed by atoms with Gasteiger partial charge in [-0.05, 0) is 29.8 Å². The van der Waals surface area contributed by atoms with Crippen molar-refractivity contribution in [2.75, 3.05) is 13.1 Å². The molecule has 0 fully saturated rings. The summed E-state index contributed by atoms with van der Waals surface area (Å²) in [5, 5.41) is 7.61. The van der Waals surface area contributed by atoms with Crippen molar-refractivity contribution >= 4 is 38.0 Å². The second-order valence-corrected chi connectivity index (χ2v) is 10.4. The van der Waals surface area contributed by atoms with Crippen LogP contribution in [0.25, 0.3) is 21.3 Å². The molecule has 0 aliphatic carbocycles. The molecule has 0 spiro atoms. The lowest BCUT2D eigenvalue weighted by molar-refractivity contribution is -0.120. The highest BCUT2D eigenvalue weighted by Crippen LogP contribution is 2.24. The van der Waals surface area contributed by atoms with E-state index in [9.17, 15) is 13.2 Å². The van der Waals surface area contributed by atoms with Crippen molar-refractivity contribution < 1.29 is 13.2 Å². The monoisotopic (exact) mass is 479 g/mol. The van der Waals surface area contributed by atoms with E-state index in [0.717, 1.165) is 27.0 Å². The molecule has 0 saturated heterocycles. The van der Waals surface area contributed by atoms with Gasteiger partial charge >= 0.3 is 0 Å². The minimum Gasteiger partial charge on any atom is -0.356 e. The number of hydrogen-bond acceptors (Lipinski definition) is 5. The van der Waals surface area contributed by atoms with Gasteiger partial charge in [-0.2, -0.15) is 0 Å². The third-order valence-corrected chi connectivity index (χ3v) is 7.63. The third kappa shape index (κ3) is 6.04. The molecule has 4 aromatic rings. The highest BCUT2D eigenvalue weighted by atomic mass is 32.2. The molecule has 0 aliphatic rings. The lowest BCUT2D eigenvalue weighted by Gasteiger charge is -2.08. The van der Waals surface area contributed by atoms with Gasteiger partial charge in [0.25, 0.3) is 0 Å². The number of carbonyl (C=O) groups is 1. The van der Waals surface area contributed by atoms with E-state index in [2.05, 4.69) is 39.3 Å². The molecule has 33 heavy (non-hydrogen) atoms. The van der Waals surface area contributed by atoms with Crippen LogP contribution in [0.3, 0.4) is 0 Å². The number of thiazole rings is 1. The molecule has 0 bridgehead atoms. The largest absolute Gasteiger partial charge is 0.356 e. The molecule has 6 nitrogen and oxygen atoms in total. The van der Waals surface area contributed by atoms with Crippen LogP contribution >= 0.6 is 11.3 Å². The summed E-state index contributed by atoms with van der Waals surface area (Å²) in [4.78, 5) is 16.9. The van der Waals surface area contributed by atoms with Gasteiger partial charge in [0.15, 0.2) is 0 Å². The van der Waals surface area contributed by atoms with Crippen molar-refractivity contribution in [3.8, 4) is 10.6 Å². The van der Waals surface area contributed by atoms with Crippen molar-refractivity contribution in [3.05, 3.63) is 83.4 Å². The molecule has 2 N–H and O–H groups in total. The van der Waals surface area contributed by atoms with Gasteiger partial charge in [-0.3, -0.25) is 4.79 Å². The van der Waals surface area contributed by atoms with Gasteiger partial charge in [-0.1, -0.05) is 60.2 Å². The molecule has 1 heterocycles. The maximum atomic E-state index is 12.5. The number of amides is 1. The van der Waals surface area contributed by atoms with Crippen LogP contribution in [0.1, 0.15) is 17.7 Å². The number of benzene rings is 3. The van der Waals surface area contributed by atoms with Crippen LogP contribution in [0.5, 0.6) is 0 Å². The summed E-state index contributed by atoms with van der Waals surface area (Å²) in [5.74, 6) is -0.204. The van der Waals surface area contributed by atoms with Crippen molar-refractivity contribution in [3.63, 3.8) is 0 Å². The molecule has 4 rings (SSSR count). The Morgan fingerprint density at radius 1 is 0.970 bits per heavy atom. The topological polar surface area (TPSA) is 88.2 Å². The number of carbonyl (C=O) groups excluding carboxylic acids is 1. The Hall–Kier alpha value is -3.07. The first kappa shape index (κ1) is 23.1. The van der Waals surface area contributed by atoms with E-state index in [-0.39, 0.29) is 23.8 Å². The van der Waals surface area contributed by atoms with E-state index in [1.165, 1.54) is 5.56 Å². The molecule has 0 unspecified atom stereocenters. The molecular formula is C25H25N3O3S2. The third-order valence-electron chi connectivity index (χ3n) is 5.23. The number of nitrogens with one attached hydrogen (secondary N) is 2. The van der Waals surface area contributed by atoms with Gasteiger partial charge in [-0.25, -0.2) is 18.1 Å². The fourth-order valence-electron chi connectivity index (χ4n) is 3.39. The van der Waals surface area contributed by atoms with Crippen LogP contribution in [-0.2, 0) is 21.2 Å². The highest BCUT2D eigenvalue weighted by Gasteiger charge is 2.15. The molecule has 1 aromatic heterocycles. The second kappa shape index (κ2) is 10.2. The molecule has 0 radical (unpaired) electrons. The van der Waals surface area contributed by atoms with Crippen LogP contribution in [-0.4, -0.2) is 32.4 Å². The van der Waals surface area contributed by atoms with E-state index in [1.54, 1.807) is 29.5 Å². The Balaban J connectivity index is 1.22. The van der Waals surface area contributed by atoms with Crippen LogP contribution in [0.4, 0.5) is 0 Å². The summed E-state index contributed by atoms with van der Waals surface area (Å²) < 4.78 is 27.6. The van der Waals surface area contributed by atoms with Crippen molar-refractivity contribution in [1.82, 2.24) is 15.0 Å². The Kier molecular flexibility index (Phi) is 7.17. The van der Waals surface area contributed by atoms with E-state index < -0.39 is 10.0 Å². The van der Waals surface area contributed by atoms with E-state index in [1.807, 2.05) is 36.6 Å². The average Bonchev–Trinajstić information content (AvgIpc) is 3.28. The van der Waals surface area contributed by atoms with Crippen LogP contribution in [0.2, 0.25) is 0 Å². The van der Waals surface area contributed by atoms with E-state index in [4.69, 9.17) is 0 Å². The zero-order valence-electron chi connectivity index (χ0n) is 18.2. The predicted molar refractivity (Wildman–Crippen MR) is 133 cm³/mol. The van der Waals surface area contributed by atoms with Gasteiger partial charge in [0, 0.05) is 36.9 Å². The van der Waals surface area contributed by atoms with Crippen LogP contribution in [0.15, 0.2) is 77.0 Å². The van der Waals surface area contributed by atoms with Crippen LogP contribution < -0.4 is 10.0 Å². The summed E-state index contributed by atoms with van der Waals surface area (Å²) >= 11 is 1.58. The molecule has 8 heteroatoms. The predicted octanol–water partition coefficient (Wildman–Crippen LogP) is 4.30. The van der Waals surface area contributed by atoms with E-state index >= 15 is 0 Å². The minimum atomic E-state index is -3.68. The van der Waals surface area contributed by atoms with Crippen molar-refractivity contribution in [2.24, 2.45) is 0 Å². The summed E-state index contributed by atoms with van der Waals surface area (Å²) in [5.41, 5.74) is 3.21. The molecular weight excluding hydrogens is 454 g/mol. The fourth-order valence-corrected chi connectivity index (χ4v) is 5.31. The minimum absolute atomic E-state index is 0.0370. The maximum Gasteiger partial charge on any atom is 0.240 e. The van der Waals surface area contributed by atoms with E-state index in [0.29, 0.717) is 13.0 Å². The number of nitrogens with zero attached hydrogens (tertiary/aromatic N) is 1. The Morgan fingerprint density at radius 2 is 1.73 bits per heavy atom. The van der Waals surface area contributed by atoms with Gasteiger partial charge in [0.1, 0.15) is 5.01 Å². The molecule has 0 saturated carbocycles. The number of hydrogen-bond donors (Lipinski definition) is 2. The van der Waals surface area contributed by atoms with Crippen LogP contribution in [0, 0.1) is 6.92 Å². The summed E-state index contributed by atoms with van der Waals surface area (Å²) in [7, 11) is -3.68. The maximum absolute atomic E-state index is 12.5. The molecule has 3 aromatic carbocycles. The molecule has 0 atom stereocenters. The highest BCUT2D eigenvalue weighted by molar-refractivity contribution is 7.89. The van der Waals surface area contributed by atoms with Gasteiger partial charge in [0.2, 0.25) is 15.9 Å². The lowest BCUT2D eigenvalue weighted by Crippen LogP contribution is -2.31. The number of sulfonamides is 1. The van der Waals surface area contributed by atoms with Gasteiger partial charge in [-0.15, -0.1) is 11.3 Å². The number of aromatic nitrogens is 1. The standard InChI is InChI=1S/C25H25N3O3S2/c1-18-6-8-20(9-7-18)25-28-22(17-32-25)12-14-26-24(29)13-15-27-33(30,31)23-11-10-19-4-2-3-5-21(19)16-23/h2-11,16-17,27H,12-15H2,1H3,(H,26,29). The Morgan fingerprint density at radius 3 is 2.52 bits per heavy atom. The number of aryl methyl sites for hydroxylation is 1. The molecule has 1 amide bonds.